The average Bonchev–Trinajstić information content (AvgIpc) is 3.17. The van der Waals surface area contributed by atoms with E-state index in [1.54, 1.807) is 0 Å². The zero-order valence-corrected chi connectivity index (χ0v) is 40.5. The maximum atomic E-state index is 12.0. The largest absolute Gasteiger partial charge is 0.507 e. The summed E-state index contributed by atoms with van der Waals surface area (Å²) in [6.45, 7) is 30.2. The number of benzene rings is 2. The number of hydrogen-bond donors (Lipinski definition) is 2. The third-order valence-corrected chi connectivity index (χ3v) is 13.5. The molecule has 2 aliphatic rings. The summed E-state index contributed by atoms with van der Waals surface area (Å²) in [6, 6.07) is 0. The minimum absolute atomic E-state index is 0.242. The smallest absolute Gasteiger partial charge is 0.127 e. The first-order valence-electron chi connectivity index (χ1n) is 23.2. The molecule has 0 radical (unpaired) electrons. The van der Waals surface area contributed by atoms with Gasteiger partial charge in [-0.2, -0.15) is 0 Å². The average molecular weight is 819 g/mol. The van der Waals surface area contributed by atoms with Crippen molar-refractivity contribution in [3.63, 3.8) is 0 Å². The van der Waals surface area contributed by atoms with Gasteiger partial charge in [0.15, 0.2) is 0 Å². The van der Waals surface area contributed by atoms with Crippen LogP contribution in [0.3, 0.4) is 0 Å². The van der Waals surface area contributed by atoms with Crippen LogP contribution in [0.5, 0.6) is 23.0 Å². The molecule has 330 valence electrons. The Morgan fingerprint density at radius 1 is 0.467 bits per heavy atom. The molecule has 4 rings (SSSR count). The van der Waals surface area contributed by atoms with Crippen LogP contribution < -0.4 is 9.47 Å². The van der Waals surface area contributed by atoms with E-state index < -0.39 is 0 Å². The second kappa shape index (κ2) is 21.7. The molecule has 0 fully saturated rings. The molecule has 2 atom stereocenters. The highest BCUT2D eigenvalue weighted by Gasteiger charge is 2.39. The van der Waals surface area contributed by atoms with Crippen LogP contribution in [0.4, 0.5) is 0 Å². The highest BCUT2D eigenvalue weighted by molar-refractivity contribution is 5.88. The van der Waals surface area contributed by atoms with Crippen LogP contribution in [0, 0.1) is 27.7 Å². The van der Waals surface area contributed by atoms with E-state index in [9.17, 15) is 10.2 Å². The molecule has 2 aromatic carbocycles. The van der Waals surface area contributed by atoms with E-state index in [2.05, 4.69) is 120 Å². The van der Waals surface area contributed by atoms with Crippen LogP contribution in [-0.4, -0.2) is 21.4 Å². The van der Waals surface area contributed by atoms with Gasteiger partial charge < -0.3 is 19.7 Å². The fraction of sp³-hybridized carbons (Fsp3) is 0.571. The fourth-order valence-corrected chi connectivity index (χ4v) is 8.98. The van der Waals surface area contributed by atoms with Crippen molar-refractivity contribution >= 4 is 0 Å². The highest BCUT2D eigenvalue weighted by Crippen LogP contribution is 2.55. The van der Waals surface area contributed by atoms with Gasteiger partial charge in [-0.05, 0) is 222 Å². The Kier molecular flexibility index (Phi) is 17.7. The monoisotopic (exact) mass is 819 g/mol. The van der Waals surface area contributed by atoms with Crippen molar-refractivity contribution in [3.05, 3.63) is 103 Å². The van der Waals surface area contributed by atoms with E-state index in [1.165, 1.54) is 33.4 Å². The molecule has 0 amide bonds. The summed E-state index contributed by atoms with van der Waals surface area (Å²) in [5, 5.41) is 23.9. The molecular formula is C56H82O4. The van der Waals surface area contributed by atoms with Gasteiger partial charge in [0.1, 0.15) is 34.2 Å². The van der Waals surface area contributed by atoms with Gasteiger partial charge >= 0.3 is 0 Å². The molecule has 0 aromatic heterocycles. The maximum absolute atomic E-state index is 12.0. The molecule has 0 aliphatic carbocycles. The first-order chi connectivity index (χ1) is 28.3. The molecule has 60 heavy (non-hydrogen) atoms. The summed E-state index contributed by atoms with van der Waals surface area (Å²) < 4.78 is 14.0. The number of phenols is 2. The molecule has 2 heterocycles. The Bertz CT molecular complexity index is 1880. The molecule has 2 N–H and O–H groups in total. The summed E-state index contributed by atoms with van der Waals surface area (Å²) in [6.07, 6.45) is 30.1. The second-order valence-corrected chi connectivity index (χ2v) is 19.7. The normalized spacial score (nSPS) is 19.6. The lowest BCUT2D eigenvalue weighted by atomic mass is 9.78. The molecule has 2 aromatic rings. The fourth-order valence-electron chi connectivity index (χ4n) is 8.98. The van der Waals surface area contributed by atoms with Gasteiger partial charge in [-0.1, -0.05) is 69.9 Å². The number of hydrogen-bond acceptors (Lipinski definition) is 4. The summed E-state index contributed by atoms with van der Waals surface area (Å²) in [4.78, 5) is 0. The Labute approximate surface area is 366 Å². The molecule has 0 spiro atoms. The van der Waals surface area contributed by atoms with Crippen molar-refractivity contribution in [2.45, 2.75) is 211 Å². The maximum Gasteiger partial charge on any atom is 0.127 e. The lowest BCUT2D eigenvalue weighted by Crippen LogP contribution is -2.37. The predicted molar refractivity (Wildman–Crippen MR) is 258 cm³/mol. The predicted octanol–water partition coefficient (Wildman–Crippen LogP) is 16.6. The van der Waals surface area contributed by atoms with Crippen LogP contribution in [0.25, 0.3) is 11.1 Å². The summed E-state index contributed by atoms with van der Waals surface area (Å²) >= 11 is 0. The van der Waals surface area contributed by atoms with Gasteiger partial charge in [0, 0.05) is 22.3 Å². The number of allylic oxidation sites excluding steroid dienone is 12. The molecule has 0 bridgehead atoms. The number of phenolic OH excluding ortho intramolecular Hbond substituents is 2. The Morgan fingerprint density at radius 3 is 1.08 bits per heavy atom. The first kappa shape index (κ1) is 48.7. The Hall–Kier alpha value is -3.92. The van der Waals surface area contributed by atoms with Gasteiger partial charge in [-0.15, -0.1) is 0 Å². The van der Waals surface area contributed by atoms with Crippen molar-refractivity contribution in [2.75, 3.05) is 0 Å². The number of aromatic hydroxyl groups is 2. The lowest BCUT2D eigenvalue weighted by molar-refractivity contribution is 0.0553. The minimum Gasteiger partial charge on any atom is -0.507 e. The third kappa shape index (κ3) is 13.0. The molecule has 2 aliphatic heterocycles. The van der Waals surface area contributed by atoms with Crippen molar-refractivity contribution in [1.82, 2.24) is 0 Å². The summed E-state index contributed by atoms with van der Waals surface area (Å²) in [5.74, 6) is 2.22. The van der Waals surface area contributed by atoms with Crippen LogP contribution in [-0.2, 0) is 12.8 Å². The van der Waals surface area contributed by atoms with Crippen molar-refractivity contribution in [2.24, 2.45) is 0 Å². The summed E-state index contributed by atoms with van der Waals surface area (Å²) in [5.41, 5.74) is 15.0. The van der Waals surface area contributed by atoms with Gasteiger partial charge in [0.2, 0.25) is 0 Å². The quantitative estimate of drug-likeness (QED) is 0.139. The third-order valence-electron chi connectivity index (χ3n) is 13.5. The van der Waals surface area contributed by atoms with Gasteiger partial charge in [-0.3, -0.25) is 0 Å². The molecule has 2 unspecified atom stereocenters. The zero-order chi connectivity index (χ0) is 44.4. The van der Waals surface area contributed by atoms with Crippen LogP contribution in [0.15, 0.2) is 69.9 Å². The Balaban J connectivity index is 1.50. The number of rotatable bonds is 19. The van der Waals surface area contributed by atoms with E-state index in [4.69, 9.17) is 9.47 Å². The molecular weight excluding hydrogens is 737 g/mol. The molecule has 0 saturated heterocycles. The van der Waals surface area contributed by atoms with E-state index in [0.717, 1.165) is 159 Å². The van der Waals surface area contributed by atoms with Crippen LogP contribution in [0.2, 0.25) is 0 Å². The summed E-state index contributed by atoms with van der Waals surface area (Å²) in [7, 11) is 0. The van der Waals surface area contributed by atoms with Gasteiger partial charge in [0.05, 0.1) is 0 Å². The molecule has 4 heteroatoms. The van der Waals surface area contributed by atoms with Crippen LogP contribution >= 0.6 is 0 Å². The molecule has 4 nitrogen and oxygen atoms in total. The number of ether oxygens (including phenoxy) is 2. The second-order valence-electron chi connectivity index (χ2n) is 19.7. The Morgan fingerprint density at radius 2 is 0.767 bits per heavy atom. The highest BCUT2D eigenvalue weighted by atomic mass is 16.5. The van der Waals surface area contributed by atoms with Gasteiger partial charge in [0.25, 0.3) is 0 Å². The topological polar surface area (TPSA) is 58.9 Å². The number of fused-ring (bicyclic) bond motifs is 2. The van der Waals surface area contributed by atoms with E-state index >= 15 is 0 Å². The zero-order valence-electron chi connectivity index (χ0n) is 40.5. The minimum atomic E-state index is -0.319. The SMILES string of the molecule is CC(C)=CCCC(C)=CCCC(C)=CCCC1(C)CCc2c(c(C)c(C)c(O)c2-c2c(O)c(C)c(C)c3c2CCC(C)(CCC=C(C)CCC=C(C)CCC=C(C)C)O3)O1. The molecule has 0 saturated carbocycles. The van der Waals surface area contributed by atoms with E-state index in [-0.39, 0.29) is 22.7 Å². The van der Waals surface area contributed by atoms with Gasteiger partial charge in [-0.25, -0.2) is 0 Å². The van der Waals surface area contributed by atoms with Crippen molar-refractivity contribution in [1.29, 1.82) is 0 Å². The van der Waals surface area contributed by atoms with E-state index in [1.807, 2.05) is 13.8 Å². The van der Waals surface area contributed by atoms with Crippen molar-refractivity contribution in [3.8, 4) is 34.1 Å². The first-order valence-corrected chi connectivity index (χ1v) is 23.2. The standard InChI is InChI=1S/C56H82O4/c1-37(2)21-15-23-39(5)25-17-27-41(7)29-19-33-55(13)35-31-47-49(51(57)43(9)45(11)53(47)59-55)50-48-32-36-56(14,60-54(48)46(12)44(10)52(50)58)34-20-30-42(8)28-18-26-40(6)24-16-22-38(3)4/h21-22,25-26,29-30,57-58H,15-20,23-24,27-28,31-36H2,1-14H3. The lowest BCUT2D eigenvalue weighted by Gasteiger charge is -2.40. The van der Waals surface area contributed by atoms with Crippen LogP contribution in [0.1, 0.15) is 193 Å². The van der Waals surface area contributed by atoms with E-state index in [0.29, 0.717) is 0 Å². The van der Waals surface area contributed by atoms with Crippen molar-refractivity contribution < 1.29 is 19.7 Å².